The maximum absolute atomic E-state index is 12.8. The predicted octanol–water partition coefficient (Wildman–Crippen LogP) is 4.73. The summed E-state index contributed by atoms with van der Waals surface area (Å²) in [7, 11) is 0. The van der Waals surface area contributed by atoms with Crippen LogP contribution in [0.3, 0.4) is 0 Å². The predicted molar refractivity (Wildman–Crippen MR) is 111 cm³/mol. The van der Waals surface area contributed by atoms with E-state index in [-0.39, 0.29) is 11.4 Å². The number of carbonyl (C=O) groups excluding carboxylic acids is 1. The van der Waals surface area contributed by atoms with Gasteiger partial charge in [-0.15, -0.1) is 0 Å². The van der Waals surface area contributed by atoms with Crippen LogP contribution in [0.5, 0.6) is 0 Å². The van der Waals surface area contributed by atoms with E-state index in [2.05, 4.69) is 39.6 Å². The summed E-state index contributed by atoms with van der Waals surface area (Å²) in [5.74, 6) is 2.79. The molecule has 0 spiro atoms. The molecule has 0 radical (unpaired) electrons. The Morgan fingerprint density at radius 3 is 2.50 bits per heavy atom. The standard InChI is InChI=1S/C24H27N3O/c28-23(27-24-11-15-7-16(12-24)9-17(8-15)13-24)6-5-18-10-20-19-3-1-2-4-21(19)26-22(20)14-25-18/h1-4,10,14-17,26H,5-9,11-13H2,(H,27,28). The topological polar surface area (TPSA) is 57.8 Å². The Bertz CT molecular complexity index is 1030. The Balaban J connectivity index is 1.16. The molecule has 2 N–H and O–H groups in total. The van der Waals surface area contributed by atoms with E-state index in [1.807, 2.05) is 12.3 Å². The highest BCUT2D eigenvalue weighted by Crippen LogP contribution is 2.55. The number of benzene rings is 1. The number of aromatic nitrogens is 2. The zero-order chi connectivity index (χ0) is 18.7. The first-order valence-electron chi connectivity index (χ1n) is 10.8. The third kappa shape index (κ3) is 2.73. The maximum atomic E-state index is 12.8. The van der Waals surface area contributed by atoms with Crippen molar-refractivity contribution in [2.24, 2.45) is 17.8 Å². The molecular weight excluding hydrogens is 346 g/mol. The summed E-state index contributed by atoms with van der Waals surface area (Å²) < 4.78 is 0. The summed E-state index contributed by atoms with van der Waals surface area (Å²) in [4.78, 5) is 20.8. The number of rotatable bonds is 4. The molecule has 4 saturated carbocycles. The van der Waals surface area contributed by atoms with E-state index in [0.29, 0.717) is 12.8 Å². The van der Waals surface area contributed by atoms with Gasteiger partial charge in [0.05, 0.1) is 11.7 Å². The van der Waals surface area contributed by atoms with Gasteiger partial charge in [0.2, 0.25) is 5.91 Å². The van der Waals surface area contributed by atoms with E-state index >= 15 is 0 Å². The highest BCUT2D eigenvalue weighted by molar-refractivity contribution is 6.06. The van der Waals surface area contributed by atoms with Crippen LogP contribution in [0.1, 0.15) is 50.6 Å². The van der Waals surface area contributed by atoms with Gasteiger partial charge in [0.1, 0.15) is 0 Å². The van der Waals surface area contributed by atoms with Gasteiger partial charge in [0.25, 0.3) is 0 Å². The van der Waals surface area contributed by atoms with Gasteiger partial charge < -0.3 is 10.3 Å². The number of pyridine rings is 1. The Labute approximate surface area is 165 Å². The van der Waals surface area contributed by atoms with Crippen LogP contribution in [0.2, 0.25) is 0 Å². The molecule has 7 rings (SSSR count). The Kier molecular flexibility index (Phi) is 3.59. The summed E-state index contributed by atoms with van der Waals surface area (Å²) in [5.41, 5.74) is 3.30. The van der Waals surface area contributed by atoms with Crippen LogP contribution in [-0.2, 0) is 11.2 Å². The van der Waals surface area contributed by atoms with Gasteiger partial charge in [-0.05, 0) is 74.8 Å². The van der Waals surface area contributed by atoms with Crippen LogP contribution in [0.4, 0.5) is 0 Å². The third-order valence-electron chi connectivity index (χ3n) is 7.50. The van der Waals surface area contributed by atoms with E-state index < -0.39 is 0 Å². The van der Waals surface area contributed by atoms with Gasteiger partial charge in [-0.25, -0.2) is 0 Å². The number of nitrogens with zero attached hydrogens (tertiary/aromatic N) is 1. The summed E-state index contributed by atoms with van der Waals surface area (Å²) in [6.07, 6.45) is 11.0. The molecule has 4 heteroatoms. The number of H-pyrrole nitrogens is 1. The molecule has 0 aliphatic heterocycles. The minimum absolute atomic E-state index is 0.111. The fourth-order valence-corrected chi connectivity index (χ4v) is 6.79. The largest absolute Gasteiger partial charge is 0.353 e. The number of hydrogen-bond donors (Lipinski definition) is 2. The molecule has 4 aliphatic carbocycles. The van der Waals surface area contributed by atoms with E-state index in [1.165, 1.54) is 49.3 Å². The van der Waals surface area contributed by atoms with Crippen LogP contribution in [-0.4, -0.2) is 21.4 Å². The van der Waals surface area contributed by atoms with Crippen molar-refractivity contribution in [3.63, 3.8) is 0 Å². The number of aromatic amines is 1. The van der Waals surface area contributed by atoms with Crippen LogP contribution < -0.4 is 5.32 Å². The summed E-state index contributed by atoms with van der Waals surface area (Å²) in [6, 6.07) is 10.5. The molecule has 4 bridgehead atoms. The average molecular weight is 374 g/mol. The lowest BCUT2D eigenvalue weighted by atomic mass is 9.53. The first-order chi connectivity index (χ1) is 13.7. The third-order valence-corrected chi connectivity index (χ3v) is 7.50. The zero-order valence-electron chi connectivity index (χ0n) is 16.2. The minimum atomic E-state index is 0.111. The zero-order valence-corrected chi connectivity index (χ0v) is 16.2. The Morgan fingerprint density at radius 1 is 1.04 bits per heavy atom. The highest BCUT2D eigenvalue weighted by Gasteiger charge is 2.51. The van der Waals surface area contributed by atoms with Crippen molar-refractivity contribution in [3.05, 3.63) is 42.2 Å². The van der Waals surface area contributed by atoms with Crippen LogP contribution in [0.25, 0.3) is 21.8 Å². The molecule has 1 amide bonds. The number of fused-ring (bicyclic) bond motifs is 3. The highest BCUT2D eigenvalue weighted by atomic mass is 16.1. The summed E-state index contributed by atoms with van der Waals surface area (Å²) in [5, 5.41) is 5.90. The van der Waals surface area contributed by atoms with Crippen LogP contribution in [0.15, 0.2) is 36.5 Å². The second-order valence-corrected chi connectivity index (χ2v) is 9.64. The lowest BCUT2D eigenvalue weighted by Gasteiger charge is -2.56. The monoisotopic (exact) mass is 373 g/mol. The van der Waals surface area contributed by atoms with E-state index in [9.17, 15) is 4.79 Å². The number of hydrogen-bond acceptors (Lipinski definition) is 2. The molecular formula is C24H27N3O. The van der Waals surface area contributed by atoms with Gasteiger partial charge in [0.15, 0.2) is 0 Å². The fraction of sp³-hybridized carbons (Fsp3) is 0.500. The molecule has 144 valence electrons. The van der Waals surface area contributed by atoms with E-state index in [4.69, 9.17) is 0 Å². The van der Waals surface area contributed by atoms with Gasteiger partial charge in [0, 0.05) is 33.9 Å². The maximum Gasteiger partial charge on any atom is 0.220 e. The van der Waals surface area contributed by atoms with Gasteiger partial charge in [-0.2, -0.15) is 0 Å². The quantitative estimate of drug-likeness (QED) is 0.694. The molecule has 4 nitrogen and oxygen atoms in total. The molecule has 0 atom stereocenters. The van der Waals surface area contributed by atoms with E-state index in [1.54, 1.807) is 0 Å². The Morgan fingerprint density at radius 2 is 1.75 bits per heavy atom. The number of carbonyl (C=O) groups is 1. The first kappa shape index (κ1) is 16.6. The number of para-hydroxylation sites is 1. The molecule has 2 aromatic heterocycles. The van der Waals surface area contributed by atoms with Crippen molar-refractivity contribution in [3.8, 4) is 0 Å². The normalized spacial score (nSPS) is 30.9. The van der Waals surface area contributed by atoms with Gasteiger partial charge >= 0.3 is 0 Å². The lowest BCUT2D eigenvalue weighted by molar-refractivity contribution is -0.126. The average Bonchev–Trinajstić information content (AvgIpc) is 3.03. The molecule has 4 aliphatic rings. The van der Waals surface area contributed by atoms with Crippen LogP contribution in [0, 0.1) is 17.8 Å². The van der Waals surface area contributed by atoms with Crippen molar-refractivity contribution < 1.29 is 4.79 Å². The Hall–Kier alpha value is -2.36. The fourth-order valence-electron chi connectivity index (χ4n) is 6.79. The van der Waals surface area contributed by atoms with Crippen molar-refractivity contribution in [1.29, 1.82) is 0 Å². The second kappa shape index (κ2) is 6.07. The SMILES string of the molecule is O=C(CCc1cc2c(cn1)[nH]c1ccccc12)NC12CC3CC(CC(C3)C1)C2. The number of nitrogens with one attached hydrogen (secondary N) is 2. The first-order valence-corrected chi connectivity index (χ1v) is 10.8. The van der Waals surface area contributed by atoms with Crippen molar-refractivity contribution in [2.75, 3.05) is 0 Å². The molecule has 0 saturated heterocycles. The number of amides is 1. The molecule has 4 fully saturated rings. The van der Waals surface area contributed by atoms with Gasteiger partial charge in [-0.3, -0.25) is 9.78 Å². The van der Waals surface area contributed by atoms with E-state index in [0.717, 1.165) is 34.5 Å². The lowest BCUT2D eigenvalue weighted by Crippen LogP contribution is -2.59. The van der Waals surface area contributed by atoms with Crippen molar-refractivity contribution in [2.45, 2.75) is 56.9 Å². The number of aryl methyl sites for hydroxylation is 1. The van der Waals surface area contributed by atoms with Crippen molar-refractivity contribution in [1.82, 2.24) is 15.3 Å². The summed E-state index contributed by atoms with van der Waals surface area (Å²) >= 11 is 0. The molecule has 0 unspecified atom stereocenters. The van der Waals surface area contributed by atoms with Gasteiger partial charge in [-0.1, -0.05) is 18.2 Å². The van der Waals surface area contributed by atoms with Crippen LogP contribution >= 0.6 is 0 Å². The second-order valence-electron chi connectivity index (χ2n) is 9.64. The molecule has 28 heavy (non-hydrogen) atoms. The molecule has 1 aromatic carbocycles. The minimum Gasteiger partial charge on any atom is -0.353 e. The molecule has 3 aromatic rings. The molecule has 2 heterocycles. The van der Waals surface area contributed by atoms with Crippen molar-refractivity contribution >= 4 is 27.7 Å². The summed E-state index contributed by atoms with van der Waals surface area (Å²) in [6.45, 7) is 0. The smallest absolute Gasteiger partial charge is 0.220 e.